The number of fused-ring (bicyclic) bond motifs is 1. The van der Waals surface area contributed by atoms with Crippen LogP contribution in [0.3, 0.4) is 0 Å². The van der Waals surface area contributed by atoms with Crippen molar-refractivity contribution in [2.75, 3.05) is 13.1 Å². The van der Waals surface area contributed by atoms with E-state index in [1.807, 2.05) is 29.5 Å². The number of hydrogen-bond acceptors (Lipinski definition) is 3. The van der Waals surface area contributed by atoms with E-state index in [9.17, 15) is 9.90 Å². The van der Waals surface area contributed by atoms with Gasteiger partial charge in [-0.15, -0.1) is 0 Å². The molecule has 1 saturated heterocycles. The van der Waals surface area contributed by atoms with Gasteiger partial charge in [-0.05, 0) is 37.8 Å². The first-order valence-corrected chi connectivity index (χ1v) is 7.58. The molecule has 0 aliphatic carbocycles. The van der Waals surface area contributed by atoms with Crippen LogP contribution in [-0.2, 0) is 6.54 Å². The van der Waals surface area contributed by atoms with Gasteiger partial charge in [-0.2, -0.15) is 0 Å². The maximum Gasteiger partial charge on any atom is 0.138 e. The van der Waals surface area contributed by atoms with Crippen LogP contribution in [0.1, 0.15) is 41.6 Å². The highest BCUT2D eigenvalue weighted by Gasteiger charge is 2.23. The Labute approximate surface area is 124 Å². The lowest BCUT2D eigenvalue weighted by atomic mass is 9.99. The number of imidazole rings is 1. The van der Waals surface area contributed by atoms with Gasteiger partial charge in [0.1, 0.15) is 23.6 Å². The van der Waals surface area contributed by atoms with Gasteiger partial charge in [0.25, 0.3) is 0 Å². The summed E-state index contributed by atoms with van der Waals surface area (Å²) in [6.07, 6.45) is 2.40. The Kier molecular flexibility index (Phi) is 3.68. The summed E-state index contributed by atoms with van der Waals surface area (Å²) in [4.78, 5) is 17.1. The predicted octanol–water partition coefficient (Wildman–Crippen LogP) is -0.179. The number of pyridine rings is 1. The Hall–Kier alpha value is -1.88. The molecule has 1 fully saturated rings. The summed E-state index contributed by atoms with van der Waals surface area (Å²) in [5, 5.41) is 11.4. The van der Waals surface area contributed by atoms with Crippen LogP contribution in [0.2, 0.25) is 0 Å². The number of quaternary nitrogens is 1. The third-order valence-electron chi connectivity index (χ3n) is 4.53. The van der Waals surface area contributed by atoms with Gasteiger partial charge in [0.05, 0.1) is 19.1 Å². The molecule has 2 aromatic heterocycles. The molecule has 2 aromatic rings. The predicted molar refractivity (Wildman–Crippen MR) is 77.1 cm³/mol. The van der Waals surface area contributed by atoms with Crippen molar-refractivity contribution >= 4 is 11.6 Å². The Morgan fingerprint density at radius 1 is 1.43 bits per heavy atom. The zero-order valence-corrected chi connectivity index (χ0v) is 12.6. The summed E-state index contributed by atoms with van der Waals surface area (Å²) in [5.41, 5.74) is 2.56. The number of carbonyl (C=O) groups excluding carboxylic acids is 1. The number of nitrogens with zero attached hydrogens (tertiary/aromatic N) is 2. The Morgan fingerprint density at radius 2 is 2.14 bits per heavy atom. The van der Waals surface area contributed by atoms with E-state index in [1.165, 1.54) is 17.7 Å². The highest BCUT2D eigenvalue weighted by atomic mass is 16.4. The number of hydrogen-bond donors (Lipinski definition) is 1. The molecular formula is C16H21N3O2. The number of rotatable bonds is 3. The molecule has 3 rings (SSSR count). The molecule has 3 heterocycles. The van der Waals surface area contributed by atoms with Crippen molar-refractivity contribution in [2.45, 2.75) is 33.2 Å². The molecule has 112 valence electrons. The molecule has 0 saturated carbocycles. The smallest absolute Gasteiger partial charge is 0.138 e. The van der Waals surface area contributed by atoms with E-state index in [4.69, 9.17) is 0 Å². The first-order valence-electron chi connectivity index (χ1n) is 7.58. The van der Waals surface area contributed by atoms with E-state index in [1.54, 1.807) is 0 Å². The second kappa shape index (κ2) is 5.48. The molecule has 5 nitrogen and oxygen atoms in total. The van der Waals surface area contributed by atoms with Gasteiger partial charge in [0, 0.05) is 5.69 Å². The van der Waals surface area contributed by atoms with Crippen molar-refractivity contribution in [1.29, 1.82) is 0 Å². The molecule has 0 spiro atoms. The minimum atomic E-state index is -1.18. The minimum Gasteiger partial charge on any atom is -0.543 e. The van der Waals surface area contributed by atoms with Crippen LogP contribution >= 0.6 is 0 Å². The van der Waals surface area contributed by atoms with Crippen molar-refractivity contribution < 1.29 is 14.8 Å². The fourth-order valence-electron chi connectivity index (χ4n) is 3.24. The van der Waals surface area contributed by atoms with Gasteiger partial charge >= 0.3 is 0 Å². The average molecular weight is 287 g/mol. The summed E-state index contributed by atoms with van der Waals surface area (Å²) >= 11 is 0. The molecule has 1 aliphatic rings. The van der Waals surface area contributed by atoms with Crippen LogP contribution < -0.4 is 10.0 Å². The molecule has 21 heavy (non-hydrogen) atoms. The lowest BCUT2D eigenvalue weighted by Gasteiger charge is -2.27. The maximum absolute atomic E-state index is 11.4. The number of aromatic carboxylic acids is 1. The first-order chi connectivity index (χ1) is 10.1. The van der Waals surface area contributed by atoms with Crippen LogP contribution in [0.5, 0.6) is 0 Å². The summed E-state index contributed by atoms with van der Waals surface area (Å²) < 4.78 is 1.95. The second-order valence-corrected chi connectivity index (χ2v) is 6.16. The zero-order chi connectivity index (χ0) is 15.0. The van der Waals surface area contributed by atoms with Gasteiger partial charge in [-0.3, -0.25) is 4.40 Å². The van der Waals surface area contributed by atoms with Crippen molar-refractivity contribution in [1.82, 2.24) is 9.38 Å². The van der Waals surface area contributed by atoms with Crippen LogP contribution in [0.15, 0.2) is 18.2 Å². The number of carboxylic acid groups (broad SMARTS) is 1. The average Bonchev–Trinajstić information content (AvgIpc) is 2.82. The molecular weight excluding hydrogens is 266 g/mol. The van der Waals surface area contributed by atoms with Crippen molar-refractivity contribution in [3.8, 4) is 0 Å². The number of nitrogens with one attached hydrogen (secondary N) is 1. The van der Waals surface area contributed by atoms with Crippen molar-refractivity contribution in [3.63, 3.8) is 0 Å². The van der Waals surface area contributed by atoms with Gasteiger partial charge in [-0.1, -0.05) is 13.0 Å². The third-order valence-corrected chi connectivity index (χ3v) is 4.53. The molecule has 1 aliphatic heterocycles. The van der Waals surface area contributed by atoms with Gasteiger partial charge in [0.2, 0.25) is 0 Å². The lowest BCUT2D eigenvalue weighted by molar-refractivity contribution is -0.920. The van der Waals surface area contributed by atoms with Crippen LogP contribution in [0.4, 0.5) is 0 Å². The standard InChI is InChI=1S/C16H21N3O2/c1-11-6-8-18(9-7-11)10-13-15(16(20)21)17-14-5-3-4-12(2)19(13)14/h3-5,11H,6-10H2,1-2H3,(H,20,21). The Bertz CT molecular complexity index is 669. The fourth-order valence-corrected chi connectivity index (χ4v) is 3.24. The molecule has 0 amide bonds. The molecule has 1 N–H and O–H groups in total. The summed E-state index contributed by atoms with van der Waals surface area (Å²) in [5.74, 6) is -0.406. The molecule has 0 aromatic carbocycles. The van der Waals surface area contributed by atoms with Gasteiger partial charge in [-0.25, -0.2) is 4.98 Å². The first kappa shape index (κ1) is 14.1. The Balaban J connectivity index is 1.99. The number of carboxylic acids is 1. The quantitative estimate of drug-likeness (QED) is 0.852. The number of aromatic nitrogens is 2. The zero-order valence-electron chi connectivity index (χ0n) is 12.6. The number of piperidine rings is 1. The molecule has 0 bridgehead atoms. The van der Waals surface area contributed by atoms with Crippen LogP contribution in [-0.4, -0.2) is 28.4 Å². The summed E-state index contributed by atoms with van der Waals surface area (Å²) in [7, 11) is 0. The third kappa shape index (κ3) is 2.65. The van der Waals surface area contributed by atoms with Gasteiger partial charge in [0.15, 0.2) is 0 Å². The highest BCUT2D eigenvalue weighted by Crippen LogP contribution is 2.15. The normalized spacial score (nSPS) is 22.6. The second-order valence-electron chi connectivity index (χ2n) is 6.16. The topological polar surface area (TPSA) is 61.9 Å². The van der Waals surface area contributed by atoms with E-state index in [2.05, 4.69) is 11.9 Å². The van der Waals surface area contributed by atoms with Crippen LogP contribution in [0.25, 0.3) is 5.65 Å². The van der Waals surface area contributed by atoms with Gasteiger partial charge < -0.3 is 14.8 Å². The fraction of sp³-hybridized carbons (Fsp3) is 0.500. The summed E-state index contributed by atoms with van der Waals surface area (Å²) in [6.45, 7) is 7.13. The van der Waals surface area contributed by atoms with E-state index in [0.29, 0.717) is 12.2 Å². The van der Waals surface area contributed by atoms with E-state index >= 15 is 0 Å². The Morgan fingerprint density at radius 3 is 2.81 bits per heavy atom. The number of aryl methyl sites for hydroxylation is 1. The lowest BCUT2D eigenvalue weighted by Crippen LogP contribution is -3.11. The summed E-state index contributed by atoms with van der Waals surface area (Å²) in [6, 6.07) is 5.72. The largest absolute Gasteiger partial charge is 0.543 e. The van der Waals surface area contributed by atoms with Crippen molar-refractivity contribution in [2.24, 2.45) is 5.92 Å². The molecule has 0 unspecified atom stereocenters. The SMILES string of the molecule is Cc1cccc2nc(C(=O)[O-])c(C[NH+]3CCC(C)CC3)n12. The van der Waals surface area contributed by atoms with E-state index < -0.39 is 5.97 Å². The van der Waals surface area contributed by atoms with E-state index in [0.717, 1.165) is 30.4 Å². The highest BCUT2D eigenvalue weighted by molar-refractivity contribution is 5.86. The maximum atomic E-state index is 11.4. The molecule has 0 atom stereocenters. The molecule has 0 radical (unpaired) electrons. The minimum absolute atomic E-state index is 0.0930. The monoisotopic (exact) mass is 287 g/mol. The molecule has 5 heteroatoms. The van der Waals surface area contributed by atoms with E-state index in [-0.39, 0.29) is 5.69 Å². The number of likely N-dealkylation sites (tertiary alicyclic amines) is 1. The van der Waals surface area contributed by atoms with Crippen molar-refractivity contribution in [3.05, 3.63) is 35.3 Å². The van der Waals surface area contributed by atoms with Crippen LogP contribution in [0, 0.1) is 12.8 Å². The number of carbonyl (C=O) groups is 1.